The van der Waals surface area contributed by atoms with Crippen LogP contribution in [-0.2, 0) is 17.9 Å². The van der Waals surface area contributed by atoms with Crippen molar-refractivity contribution >= 4 is 63.8 Å². The second-order valence-corrected chi connectivity index (χ2v) is 9.58. The molecule has 10 heteroatoms. The molecule has 3 aromatic carbocycles. The van der Waals surface area contributed by atoms with Crippen LogP contribution in [0, 0.1) is 5.82 Å². The zero-order valence-electron chi connectivity index (χ0n) is 18.2. The lowest BCUT2D eigenvalue weighted by atomic mass is 10.1. The molecule has 0 radical (unpaired) electrons. The number of ether oxygens (including phenoxy) is 2. The smallest absolute Gasteiger partial charge is 0.293 e. The number of amides is 2. The predicted octanol–water partition coefficient (Wildman–Crippen LogP) is 7.61. The van der Waals surface area contributed by atoms with Crippen LogP contribution in [0.15, 0.2) is 59.5 Å². The fourth-order valence-electron chi connectivity index (χ4n) is 3.34. The Labute approximate surface area is 220 Å². The number of hydrogen-bond acceptors (Lipinski definition) is 5. The first-order chi connectivity index (χ1) is 16.8. The van der Waals surface area contributed by atoms with Crippen LogP contribution in [0.3, 0.4) is 0 Å². The summed E-state index contributed by atoms with van der Waals surface area (Å²) >= 11 is 19.2. The summed E-state index contributed by atoms with van der Waals surface area (Å²) in [7, 11) is 1.49. The minimum absolute atomic E-state index is 0.0829. The lowest BCUT2D eigenvalue weighted by Gasteiger charge is -2.14. The minimum Gasteiger partial charge on any atom is -0.493 e. The summed E-state index contributed by atoms with van der Waals surface area (Å²) in [6, 6.07) is 14.4. The van der Waals surface area contributed by atoms with E-state index in [-0.39, 0.29) is 28.6 Å². The molecule has 0 saturated carbocycles. The van der Waals surface area contributed by atoms with Crippen LogP contribution in [0.2, 0.25) is 15.1 Å². The molecular formula is C25H17Cl3FNO4S. The molecule has 0 aromatic heterocycles. The summed E-state index contributed by atoms with van der Waals surface area (Å²) in [6.45, 7) is -0.125. The van der Waals surface area contributed by atoms with Crippen molar-refractivity contribution in [3.05, 3.63) is 97.1 Å². The Morgan fingerprint density at radius 1 is 0.943 bits per heavy atom. The monoisotopic (exact) mass is 551 g/mol. The van der Waals surface area contributed by atoms with Crippen molar-refractivity contribution in [3.63, 3.8) is 0 Å². The molecule has 0 unspecified atom stereocenters. The van der Waals surface area contributed by atoms with E-state index in [0.717, 1.165) is 16.7 Å². The van der Waals surface area contributed by atoms with Gasteiger partial charge in [0.2, 0.25) is 0 Å². The molecule has 35 heavy (non-hydrogen) atoms. The highest BCUT2D eigenvalue weighted by Crippen LogP contribution is 2.37. The van der Waals surface area contributed by atoms with E-state index in [4.69, 9.17) is 44.3 Å². The summed E-state index contributed by atoms with van der Waals surface area (Å²) < 4.78 is 25.4. The second-order valence-electron chi connectivity index (χ2n) is 7.37. The molecule has 3 aromatic rings. The largest absolute Gasteiger partial charge is 0.493 e. The van der Waals surface area contributed by atoms with Gasteiger partial charge < -0.3 is 9.47 Å². The van der Waals surface area contributed by atoms with E-state index in [1.807, 2.05) is 0 Å². The first-order valence-electron chi connectivity index (χ1n) is 10.2. The molecule has 0 atom stereocenters. The van der Waals surface area contributed by atoms with Crippen molar-refractivity contribution in [1.82, 2.24) is 4.90 Å². The number of thioether (sulfide) groups is 1. The topological polar surface area (TPSA) is 55.8 Å². The number of carbonyl (C=O) groups excluding carboxylic acids is 2. The molecule has 1 fully saturated rings. The van der Waals surface area contributed by atoms with E-state index in [0.29, 0.717) is 32.7 Å². The van der Waals surface area contributed by atoms with Gasteiger partial charge in [-0.05, 0) is 59.8 Å². The van der Waals surface area contributed by atoms with Crippen LogP contribution >= 0.6 is 46.6 Å². The zero-order chi connectivity index (χ0) is 25.1. The molecule has 180 valence electrons. The summed E-state index contributed by atoms with van der Waals surface area (Å²) in [5.74, 6) is -0.256. The standard InChI is InChI=1S/C25H17Cl3FNO4S/c1-33-22-10-14(8-9-21(22)34-13-16-18(27)4-2-5-19(16)28)11-23-24(31)30(25(32)35-23)12-15-17(26)6-3-7-20(15)29/h2-11H,12-13H2,1H3/b23-11-. The van der Waals surface area contributed by atoms with Gasteiger partial charge in [-0.3, -0.25) is 14.5 Å². The van der Waals surface area contributed by atoms with E-state index in [2.05, 4.69) is 0 Å². The number of benzene rings is 3. The summed E-state index contributed by atoms with van der Waals surface area (Å²) in [5, 5.41) is 0.608. The number of halogens is 4. The normalized spacial score (nSPS) is 14.7. The molecule has 4 rings (SSSR count). The lowest BCUT2D eigenvalue weighted by molar-refractivity contribution is -0.123. The molecule has 5 nitrogen and oxygen atoms in total. The fraction of sp³-hybridized carbons (Fsp3) is 0.120. The number of carbonyl (C=O) groups is 2. The van der Waals surface area contributed by atoms with E-state index >= 15 is 0 Å². The van der Waals surface area contributed by atoms with Gasteiger partial charge >= 0.3 is 0 Å². The molecule has 1 aliphatic rings. The van der Waals surface area contributed by atoms with Crippen molar-refractivity contribution in [3.8, 4) is 11.5 Å². The van der Waals surface area contributed by atoms with Crippen molar-refractivity contribution in [2.75, 3.05) is 7.11 Å². The van der Waals surface area contributed by atoms with Crippen LogP contribution in [0.1, 0.15) is 16.7 Å². The Bertz CT molecular complexity index is 1310. The quantitative estimate of drug-likeness (QED) is 0.282. The molecule has 0 aliphatic carbocycles. The van der Waals surface area contributed by atoms with Gasteiger partial charge in [0.25, 0.3) is 11.1 Å². The maximum atomic E-state index is 14.1. The Balaban J connectivity index is 1.52. The molecular weight excluding hydrogens is 536 g/mol. The van der Waals surface area contributed by atoms with Gasteiger partial charge in [0.05, 0.1) is 18.6 Å². The lowest BCUT2D eigenvalue weighted by Crippen LogP contribution is -2.28. The maximum absolute atomic E-state index is 14.1. The van der Waals surface area contributed by atoms with Crippen LogP contribution in [-0.4, -0.2) is 23.2 Å². The van der Waals surface area contributed by atoms with Gasteiger partial charge in [-0.15, -0.1) is 0 Å². The van der Waals surface area contributed by atoms with Crippen LogP contribution in [0.25, 0.3) is 6.08 Å². The third kappa shape index (κ3) is 5.59. The van der Waals surface area contributed by atoms with Crippen LogP contribution < -0.4 is 9.47 Å². The molecule has 0 spiro atoms. The number of methoxy groups -OCH3 is 1. The Morgan fingerprint density at radius 2 is 1.60 bits per heavy atom. The first-order valence-corrected chi connectivity index (χ1v) is 12.2. The maximum Gasteiger partial charge on any atom is 0.293 e. The molecule has 1 aliphatic heterocycles. The Morgan fingerprint density at radius 3 is 2.26 bits per heavy atom. The van der Waals surface area contributed by atoms with E-state index in [1.165, 1.54) is 25.3 Å². The zero-order valence-corrected chi connectivity index (χ0v) is 21.3. The molecule has 2 amide bonds. The highest BCUT2D eigenvalue weighted by molar-refractivity contribution is 8.18. The average molecular weight is 553 g/mol. The van der Waals surface area contributed by atoms with Crippen molar-refractivity contribution in [2.24, 2.45) is 0 Å². The van der Waals surface area contributed by atoms with Crippen molar-refractivity contribution < 1.29 is 23.5 Å². The van der Waals surface area contributed by atoms with E-state index in [9.17, 15) is 14.0 Å². The predicted molar refractivity (Wildman–Crippen MR) is 137 cm³/mol. The minimum atomic E-state index is -0.584. The number of nitrogens with zero attached hydrogens (tertiary/aromatic N) is 1. The summed E-state index contributed by atoms with van der Waals surface area (Å²) in [4.78, 5) is 26.5. The number of imide groups is 1. The highest BCUT2D eigenvalue weighted by atomic mass is 35.5. The van der Waals surface area contributed by atoms with Crippen molar-refractivity contribution in [2.45, 2.75) is 13.2 Å². The Hall–Kier alpha value is -2.71. The molecule has 1 saturated heterocycles. The third-order valence-electron chi connectivity index (χ3n) is 5.17. The molecule has 0 bridgehead atoms. The van der Waals surface area contributed by atoms with Crippen LogP contribution in [0.4, 0.5) is 9.18 Å². The van der Waals surface area contributed by atoms with Gasteiger partial charge in [-0.2, -0.15) is 0 Å². The first kappa shape index (κ1) is 25.4. The summed E-state index contributed by atoms with van der Waals surface area (Å²) in [6.07, 6.45) is 1.56. The van der Waals surface area contributed by atoms with Gasteiger partial charge in [0, 0.05) is 26.2 Å². The number of hydrogen-bond donors (Lipinski definition) is 0. The van der Waals surface area contributed by atoms with Gasteiger partial charge in [0.1, 0.15) is 12.4 Å². The van der Waals surface area contributed by atoms with Gasteiger partial charge in [-0.1, -0.05) is 53.0 Å². The average Bonchev–Trinajstić information content (AvgIpc) is 3.08. The van der Waals surface area contributed by atoms with Gasteiger partial charge in [0.15, 0.2) is 11.5 Å². The molecule has 0 N–H and O–H groups in total. The Kier molecular flexibility index (Phi) is 7.91. The second kappa shape index (κ2) is 10.9. The van der Waals surface area contributed by atoms with Crippen LogP contribution in [0.5, 0.6) is 11.5 Å². The van der Waals surface area contributed by atoms with E-state index in [1.54, 1.807) is 42.5 Å². The summed E-state index contributed by atoms with van der Waals surface area (Å²) in [5.41, 5.74) is 1.34. The number of rotatable bonds is 7. The third-order valence-corrected chi connectivity index (χ3v) is 7.14. The molecule has 1 heterocycles. The fourth-order valence-corrected chi connectivity index (χ4v) is 4.91. The van der Waals surface area contributed by atoms with E-state index < -0.39 is 17.0 Å². The van der Waals surface area contributed by atoms with Crippen molar-refractivity contribution in [1.29, 1.82) is 0 Å². The van der Waals surface area contributed by atoms with Gasteiger partial charge in [-0.25, -0.2) is 4.39 Å². The SMILES string of the molecule is COc1cc(/C=C2\SC(=O)N(Cc3c(F)cccc3Cl)C2=O)ccc1OCc1c(Cl)cccc1Cl. The highest BCUT2D eigenvalue weighted by Gasteiger charge is 2.36.